The summed E-state index contributed by atoms with van der Waals surface area (Å²) < 4.78 is 2.30. The summed E-state index contributed by atoms with van der Waals surface area (Å²) in [5.41, 5.74) is 9.05. The highest BCUT2D eigenvalue weighted by molar-refractivity contribution is 7.98. The zero-order chi connectivity index (χ0) is 26.6. The van der Waals surface area contributed by atoms with Gasteiger partial charge in [0.1, 0.15) is 0 Å². The van der Waals surface area contributed by atoms with Gasteiger partial charge in [0.2, 0.25) is 0 Å². The lowest BCUT2D eigenvalue weighted by Gasteiger charge is -2.11. The molecule has 1 heterocycles. The molecule has 0 aliphatic carbocycles. The fourth-order valence-corrected chi connectivity index (χ4v) is 5.27. The molecule has 5 rings (SSSR count). The van der Waals surface area contributed by atoms with Crippen LogP contribution >= 0.6 is 11.8 Å². The monoisotopic (exact) mass is 518 g/mol. The van der Waals surface area contributed by atoms with Crippen LogP contribution in [-0.4, -0.2) is 23.0 Å². The third kappa shape index (κ3) is 5.15. The Morgan fingerprint density at radius 2 is 1.61 bits per heavy atom. The van der Waals surface area contributed by atoms with Crippen LogP contribution in [0.5, 0.6) is 0 Å². The Morgan fingerprint density at radius 1 is 0.895 bits per heavy atom. The lowest BCUT2D eigenvalue weighted by Crippen LogP contribution is -2.22. The molecule has 0 atom stereocenters. The molecule has 1 amide bonds. The summed E-state index contributed by atoms with van der Waals surface area (Å²) in [4.78, 5) is 25.6. The van der Waals surface area contributed by atoms with Gasteiger partial charge in [0.25, 0.3) is 5.91 Å². The summed E-state index contributed by atoms with van der Waals surface area (Å²) >= 11 is 1.70. The van der Waals surface area contributed by atoms with Crippen LogP contribution in [0.1, 0.15) is 43.1 Å². The number of fused-ring (bicyclic) bond motifs is 1. The van der Waals surface area contributed by atoms with E-state index in [1.165, 1.54) is 21.7 Å². The van der Waals surface area contributed by atoms with E-state index in [1.54, 1.807) is 11.8 Å². The van der Waals surface area contributed by atoms with Crippen molar-refractivity contribution in [2.75, 3.05) is 6.26 Å². The normalized spacial score (nSPS) is 11.0. The first-order valence-corrected chi connectivity index (χ1v) is 13.8. The number of thioether (sulfide) groups is 1. The number of aryl methyl sites for hydroxylation is 1. The third-order valence-corrected chi connectivity index (χ3v) is 7.95. The molecule has 4 aromatic carbocycles. The number of hydrogen-bond donors (Lipinski definition) is 1. The summed E-state index contributed by atoms with van der Waals surface area (Å²) in [5, 5.41) is 4.14. The molecule has 190 valence electrons. The van der Waals surface area contributed by atoms with Crippen molar-refractivity contribution in [3.63, 3.8) is 0 Å². The molecule has 0 fully saturated rings. The molecule has 0 aliphatic heterocycles. The van der Waals surface area contributed by atoms with Gasteiger partial charge in [-0.25, -0.2) is 0 Å². The quantitative estimate of drug-likeness (QED) is 0.172. The number of nitrogens with zero attached hydrogens (tertiary/aromatic N) is 1. The molecule has 1 aromatic heterocycles. The van der Waals surface area contributed by atoms with Gasteiger partial charge in [0.15, 0.2) is 6.29 Å². The number of aldehydes is 1. The minimum absolute atomic E-state index is 0.0724. The third-order valence-electron chi connectivity index (χ3n) is 7.21. The SMILES string of the molecule is CSc1ccc(CNC(=O)c2ccc3c(c2)c(C)c(C)n3Cc2ccc(-c3ccccc3C=O)cc2)cc1. The number of carbonyl (C=O) groups is 2. The number of benzene rings is 4. The number of rotatable bonds is 8. The van der Waals surface area contributed by atoms with Crippen LogP contribution in [0, 0.1) is 13.8 Å². The lowest BCUT2D eigenvalue weighted by atomic mass is 9.99. The average molecular weight is 519 g/mol. The van der Waals surface area contributed by atoms with Gasteiger partial charge < -0.3 is 9.88 Å². The minimum atomic E-state index is -0.0724. The fraction of sp³-hybridized carbons (Fsp3) is 0.152. The molecule has 5 aromatic rings. The Labute approximate surface area is 227 Å². The highest BCUT2D eigenvalue weighted by atomic mass is 32.2. The molecule has 5 heteroatoms. The van der Waals surface area contributed by atoms with E-state index in [0.717, 1.165) is 40.4 Å². The van der Waals surface area contributed by atoms with Gasteiger partial charge >= 0.3 is 0 Å². The molecule has 4 nitrogen and oxygen atoms in total. The predicted molar refractivity (Wildman–Crippen MR) is 157 cm³/mol. The van der Waals surface area contributed by atoms with E-state index < -0.39 is 0 Å². The minimum Gasteiger partial charge on any atom is -0.348 e. The van der Waals surface area contributed by atoms with Crippen LogP contribution in [-0.2, 0) is 13.1 Å². The molecule has 0 saturated carbocycles. The summed E-state index contributed by atoms with van der Waals surface area (Å²) in [7, 11) is 0. The van der Waals surface area contributed by atoms with E-state index in [2.05, 4.69) is 78.5 Å². The molecule has 0 saturated heterocycles. The van der Waals surface area contributed by atoms with Crippen molar-refractivity contribution < 1.29 is 9.59 Å². The maximum absolute atomic E-state index is 12.9. The Kier molecular flexibility index (Phi) is 7.47. The number of hydrogen-bond acceptors (Lipinski definition) is 3. The molecule has 0 spiro atoms. The highest BCUT2D eigenvalue weighted by Gasteiger charge is 2.15. The highest BCUT2D eigenvalue weighted by Crippen LogP contribution is 2.28. The smallest absolute Gasteiger partial charge is 0.251 e. The van der Waals surface area contributed by atoms with Crippen molar-refractivity contribution in [2.24, 2.45) is 0 Å². The molecule has 0 aliphatic rings. The standard InChI is InChI=1S/C33H30N2O2S/c1-22-23(2)35(20-25-8-12-26(13-9-25)30-7-5-4-6-28(30)21-36)32-17-14-27(18-31(22)32)33(37)34-19-24-10-15-29(38-3)16-11-24/h4-18,21H,19-20H2,1-3H3,(H,34,37). The zero-order valence-electron chi connectivity index (χ0n) is 21.8. The van der Waals surface area contributed by atoms with Crippen molar-refractivity contribution in [1.29, 1.82) is 0 Å². The second-order valence-electron chi connectivity index (χ2n) is 9.46. The van der Waals surface area contributed by atoms with E-state index in [9.17, 15) is 9.59 Å². The molecular weight excluding hydrogens is 488 g/mol. The number of nitrogens with one attached hydrogen (secondary N) is 1. The van der Waals surface area contributed by atoms with Crippen LogP contribution in [0.3, 0.4) is 0 Å². The van der Waals surface area contributed by atoms with Crippen molar-refractivity contribution >= 4 is 34.9 Å². The second kappa shape index (κ2) is 11.1. The summed E-state index contributed by atoms with van der Waals surface area (Å²) in [6.07, 6.45) is 2.95. The van der Waals surface area contributed by atoms with Crippen LogP contribution in [0.25, 0.3) is 22.0 Å². The lowest BCUT2D eigenvalue weighted by molar-refractivity contribution is 0.0950. The van der Waals surface area contributed by atoms with Crippen molar-refractivity contribution in [3.05, 3.63) is 125 Å². The maximum atomic E-state index is 12.9. The van der Waals surface area contributed by atoms with Crippen LogP contribution in [0.4, 0.5) is 0 Å². The molecule has 0 unspecified atom stereocenters. The first-order chi connectivity index (χ1) is 18.5. The zero-order valence-corrected chi connectivity index (χ0v) is 22.6. The number of aromatic nitrogens is 1. The Hall–Kier alpha value is -4.09. The van der Waals surface area contributed by atoms with Crippen molar-refractivity contribution in [2.45, 2.75) is 31.8 Å². The molecule has 38 heavy (non-hydrogen) atoms. The van der Waals surface area contributed by atoms with Crippen LogP contribution in [0.2, 0.25) is 0 Å². The Morgan fingerprint density at radius 3 is 2.32 bits per heavy atom. The first-order valence-electron chi connectivity index (χ1n) is 12.6. The molecule has 1 N–H and O–H groups in total. The molecule has 0 bridgehead atoms. The topological polar surface area (TPSA) is 51.1 Å². The summed E-state index contributed by atoms with van der Waals surface area (Å²) in [5.74, 6) is -0.0724. The second-order valence-corrected chi connectivity index (χ2v) is 10.3. The van der Waals surface area contributed by atoms with Gasteiger partial charge in [0, 0.05) is 45.7 Å². The fourth-order valence-electron chi connectivity index (χ4n) is 4.86. The predicted octanol–water partition coefficient (Wildman–Crippen LogP) is 7.44. The Balaban J connectivity index is 1.35. The largest absolute Gasteiger partial charge is 0.348 e. The van der Waals surface area contributed by atoms with Gasteiger partial charge in [-0.3, -0.25) is 9.59 Å². The summed E-state index contributed by atoms with van der Waals surface area (Å²) in [6, 6.07) is 30.2. The number of carbonyl (C=O) groups excluding carboxylic acids is 2. The van der Waals surface area contributed by atoms with Crippen LogP contribution in [0.15, 0.2) is 95.9 Å². The van der Waals surface area contributed by atoms with Gasteiger partial charge in [-0.1, -0.05) is 60.7 Å². The van der Waals surface area contributed by atoms with Gasteiger partial charge in [0.05, 0.1) is 0 Å². The molecular formula is C33H30N2O2S. The van der Waals surface area contributed by atoms with E-state index in [4.69, 9.17) is 0 Å². The summed E-state index contributed by atoms with van der Waals surface area (Å²) in [6.45, 7) is 5.46. The van der Waals surface area contributed by atoms with E-state index in [-0.39, 0.29) is 5.91 Å². The maximum Gasteiger partial charge on any atom is 0.251 e. The molecule has 0 radical (unpaired) electrons. The van der Waals surface area contributed by atoms with E-state index in [1.807, 2.05) is 42.5 Å². The number of amides is 1. The van der Waals surface area contributed by atoms with Crippen molar-refractivity contribution in [3.8, 4) is 11.1 Å². The first kappa shape index (κ1) is 25.6. The van der Waals surface area contributed by atoms with E-state index >= 15 is 0 Å². The van der Waals surface area contributed by atoms with Crippen molar-refractivity contribution in [1.82, 2.24) is 9.88 Å². The van der Waals surface area contributed by atoms with Gasteiger partial charge in [-0.15, -0.1) is 11.8 Å². The van der Waals surface area contributed by atoms with E-state index in [0.29, 0.717) is 17.7 Å². The van der Waals surface area contributed by atoms with Gasteiger partial charge in [-0.2, -0.15) is 0 Å². The van der Waals surface area contributed by atoms with Crippen LogP contribution < -0.4 is 5.32 Å². The average Bonchev–Trinajstić information content (AvgIpc) is 3.20. The van der Waals surface area contributed by atoms with Gasteiger partial charge in [-0.05, 0) is 78.3 Å². The Bertz CT molecular complexity index is 1620.